The van der Waals surface area contributed by atoms with Crippen LogP contribution in [0.5, 0.6) is 0 Å². The van der Waals surface area contributed by atoms with Crippen LogP contribution in [0.15, 0.2) is 0 Å². The standard InChI is InChI=1S/C12H21NO3/c14-12(15)11-3-5-13(6-4-11)8-10-2-1-7-16-9-10/h10-11H,1-9H2,(H,14,15). The zero-order chi connectivity index (χ0) is 11.4. The molecule has 1 unspecified atom stereocenters. The zero-order valence-corrected chi connectivity index (χ0v) is 9.73. The summed E-state index contributed by atoms with van der Waals surface area (Å²) in [4.78, 5) is 13.2. The SMILES string of the molecule is O=C(O)C1CCN(CC2CCCOC2)CC1. The number of carboxylic acids is 1. The fourth-order valence-corrected chi connectivity index (χ4v) is 2.68. The first-order valence-electron chi connectivity index (χ1n) is 6.28. The first kappa shape index (κ1) is 11.9. The number of likely N-dealkylation sites (tertiary alicyclic amines) is 1. The molecule has 0 saturated carbocycles. The molecule has 0 aromatic rings. The Bertz CT molecular complexity index is 230. The summed E-state index contributed by atoms with van der Waals surface area (Å²) in [5, 5.41) is 8.91. The molecule has 0 radical (unpaired) electrons. The summed E-state index contributed by atoms with van der Waals surface area (Å²) in [6.45, 7) is 4.77. The zero-order valence-electron chi connectivity index (χ0n) is 9.73. The molecule has 1 N–H and O–H groups in total. The molecule has 92 valence electrons. The minimum atomic E-state index is -0.624. The highest BCUT2D eigenvalue weighted by atomic mass is 16.5. The van der Waals surface area contributed by atoms with E-state index in [1.807, 2.05) is 0 Å². The van der Waals surface area contributed by atoms with E-state index in [-0.39, 0.29) is 5.92 Å². The van der Waals surface area contributed by atoms with E-state index >= 15 is 0 Å². The van der Waals surface area contributed by atoms with Gasteiger partial charge in [-0.2, -0.15) is 0 Å². The average molecular weight is 227 g/mol. The van der Waals surface area contributed by atoms with Gasteiger partial charge in [-0.3, -0.25) is 4.79 Å². The van der Waals surface area contributed by atoms with E-state index in [0.29, 0.717) is 5.92 Å². The van der Waals surface area contributed by atoms with Gasteiger partial charge in [-0.05, 0) is 44.7 Å². The van der Waals surface area contributed by atoms with Gasteiger partial charge in [-0.1, -0.05) is 0 Å². The summed E-state index contributed by atoms with van der Waals surface area (Å²) < 4.78 is 5.46. The molecule has 2 heterocycles. The van der Waals surface area contributed by atoms with Gasteiger partial charge in [0.1, 0.15) is 0 Å². The number of hydrogen-bond donors (Lipinski definition) is 1. The Morgan fingerprint density at radius 1 is 1.31 bits per heavy atom. The first-order valence-corrected chi connectivity index (χ1v) is 6.28. The van der Waals surface area contributed by atoms with E-state index in [9.17, 15) is 4.79 Å². The second-order valence-electron chi connectivity index (χ2n) is 5.00. The van der Waals surface area contributed by atoms with E-state index in [4.69, 9.17) is 9.84 Å². The summed E-state index contributed by atoms with van der Waals surface area (Å²) in [5.74, 6) is -0.0744. The predicted molar refractivity (Wildman–Crippen MR) is 60.3 cm³/mol. The second kappa shape index (κ2) is 5.64. The maximum Gasteiger partial charge on any atom is 0.306 e. The number of aliphatic carboxylic acids is 1. The fraction of sp³-hybridized carbons (Fsp3) is 0.917. The molecule has 2 aliphatic rings. The van der Waals surface area contributed by atoms with Crippen molar-refractivity contribution in [3.63, 3.8) is 0 Å². The minimum Gasteiger partial charge on any atom is -0.481 e. The molecule has 1 atom stereocenters. The molecule has 0 aliphatic carbocycles. The number of rotatable bonds is 3. The summed E-state index contributed by atoms with van der Waals surface area (Å²) in [7, 11) is 0. The lowest BCUT2D eigenvalue weighted by atomic mass is 9.95. The lowest BCUT2D eigenvalue weighted by molar-refractivity contribution is -0.143. The third-order valence-corrected chi connectivity index (χ3v) is 3.71. The predicted octanol–water partition coefficient (Wildman–Crippen LogP) is 1.21. The summed E-state index contributed by atoms with van der Waals surface area (Å²) in [6, 6.07) is 0. The molecule has 2 fully saturated rings. The fourth-order valence-electron chi connectivity index (χ4n) is 2.68. The van der Waals surface area contributed by atoms with E-state index in [0.717, 1.165) is 45.7 Å². The number of nitrogens with zero attached hydrogens (tertiary/aromatic N) is 1. The van der Waals surface area contributed by atoms with E-state index in [2.05, 4.69) is 4.90 Å². The van der Waals surface area contributed by atoms with Crippen molar-refractivity contribution in [2.45, 2.75) is 25.7 Å². The van der Waals surface area contributed by atoms with Crippen LogP contribution in [0, 0.1) is 11.8 Å². The number of piperidine rings is 1. The molecule has 0 amide bonds. The van der Waals surface area contributed by atoms with Gasteiger partial charge in [0.25, 0.3) is 0 Å². The molecule has 2 saturated heterocycles. The van der Waals surface area contributed by atoms with Gasteiger partial charge in [0.05, 0.1) is 12.5 Å². The van der Waals surface area contributed by atoms with Gasteiger partial charge in [-0.25, -0.2) is 0 Å². The van der Waals surface area contributed by atoms with Crippen LogP contribution >= 0.6 is 0 Å². The summed E-state index contributed by atoms with van der Waals surface area (Å²) in [6.07, 6.45) is 4.06. The Balaban J connectivity index is 1.70. The normalized spacial score (nSPS) is 29.1. The van der Waals surface area contributed by atoms with Crippen LogP contribution in [-0.4, -0.2) is 48.8 Å². The molecule has 0 aromatic carbocycles. The Morgan fingerprint density at radius 3 is 2.62 bits per heavy atom. The lowest BCUT2D eigenvalue weighted by Crippen LogP contribution is -2.40. The number of carbonyl (C=O) groups is 1. The van der Waals surface area contributed by atoms with Crippen LogP contribution in [0.1, 0.15) is 25.7 Å². The molecule has 0 aromatic heterocycles. The van der Waals surface area contributed by atoms with Gasteiger partial charge < -0.3 is 14.7 Å². The highest BCUT2D eigenvalue weighted by molar-refractivity contribution is 5.70. The van der Waals surface area contributed by atoms with E-state index in [1.54, 1.807) is 0 Å². The second-order valence-corrected chi connectivity index (χ2v) is 5.00. The molecular weight excluding hydrogens is 206 g/mol. The number of ether oxygens (including phenoxy) is 1. The van der Waals surface area contributed by atoms with Crippen LogP contribution in [0.4, 0.5) is 0 Å². The molecule has 2 aliphatic heterocycles. The summed E-state index contributed by atoms with van der Waals surface area (Å²) in [5.41, 5.74) is 0. The Hall–Kier alpha value is -0.610. The topological polar surface area (TPSA) is 49.8 Å². The minimum absolute atomic E-state index is 0.112. The molecule has 2 rings (SSSR count). The Kier molecular flexibility index (Phi) is 4.18. The molecule has 0 spiro atoms. The van der Waals surface area contributed by atoms with Crippen molar-refractivity contribution in [3.05, 3.63) is 0 Å². The Morgan fingerprint density at radius 2 is 2.06 bits per heavy atom. The maximum atomic E-state index is 10.8. The van der Waals surface area contributed by atoms with E-state index < -0.39 is 5.97 Å². The van der Waals surface area contributed by atoms with Crippen LogP contribution in [0.3, 0.4) is 0 Å². The van der Waals surface area contributed by atoms with Gasteiger partial charge in [0.2, 0.25) is 0 Å². The van der Waals surface area contributed by atoms with Crippen molar-refractivity contribution in [1.82, 2.24) is 4.90 Å². The van der Waals surface area contributed by atoms with Crippen molar-refractivity contribution >= 4 is 5.97 Å². The molecule has 4 nitrogen and oxygen atoms in total. The monoisotopic (exact) mass is 227 g/mol. The number of hydrogen-bond acceptors (Lipinski definition) is 3. The lowest BCUT2D eigenvalue weighted by Gasteiger charge is -2.34. The Labute approximate surface area is 96.6 Å². The quantitative estimate of drug-likeness (QED) is 0.787. The molecule has 0 bridgehead atoms. The van der Waals surface area contributed by atoms with Crippen LogP contribution < -0.4 is 0 Å². The molecule has 16 heavy (non-hydrogen) atoms. The van der Waals surface area contributed by atoms with Crippen LogP contribution in [-0.2, 0) is 9.53 Å². The molecule has 4 heteroatoms. The third kappa shape index (κ3) is 3.19. The van der Waals surface area contributed by atoms with Crippen molar-refractivity contribution in [3.8, 4) is 0 Å². The van der Waals surface area contributed by atoms with Gasteiger partial charge >= 0.3 is 5.97 Å². The maximum absolute atomic E-state index is 10.8. The van der Waals surface area contributed by atoms with Crippen molar-refractivity contribution < 1.29 is 14.6 Å². The summed E-state index contributed by atoms with van der Waals surface area (Å²) >= 11 is 0. The van der Waals surface area contributed by atoms with Crippen LogP contribution in [0.25, 0.3) is 0 Å². The van der Waals surface area contributed by atoms with Gasteiger partial charge in [0.15, 0.2) is 0 Å². The third-order valence-electron chi connectivity index (χ3n) is 3.71. The average Bonchev–Trinajstić information content (AvgIpc) is 2.31. The molecular formula is C12H21NO3. The van der Waals surface area contributed by atoms with Crippen molar-refractivity contribution in [2.75, 3.05) is 32.8 Å². The number of carboxylic acid groups (broad SMARTS) is 1. The van der Waals surface area contributed by atoms with Gasteiger partial charge in [-0.15, -0.1) is 0 Å². The van der Waals surface area contributed by atoms with Crippen LogP contribution in [0.2, 0.25) is 0 Å². The van der Waals surface area contributed by atoms with Gasteiger partial charge in [0, 0.05) is 13.2 Å². The highest BCUT2D eigenvalue weighted by Crippen LogP contribution is 2.21. The van der Waals surface area contributed by atoms with Crippen molar-refractivity contribution in [2.24, 2.45) is 11.8 Å². The first-order chi connectivity index (χ1) is 7.75. The largest absolute Gasteiger partial charge is 0.481 e. The van der Waals surface area contributed by atoms with Crippen molar-refractivity contribution in [1.29, 1.82) is 0 Å². The highest BCUT2D eigenvalue weighted by Gasteiger charge is 2.26. The smallest absolute Gasteiger partial charge is 0.306 e. The van der Waals surface area contributed by atoms with E-state index in [1.165, 1.54) is 12.8 Å².